The fraction of sp³-hybridized carbons (Fsp3) is 0.100. The second-order valence-corrected chi connectivity index (χ2v) is 14.9. The third-order valence-electron chi connectivity index (χ3n) is 8.07. The number of halogens is 6. The Morgan fingerprint density at radius 3 is 1.10 bits per heavy atom. The molecule has 4 N–H and O–H groups in total. The van der Waals surface area contributed by atoms with Gasteiger partial charge in [0.05, 0.1) is 41.5 Å². The molecule has 5 aromatic carbocycles. The van der Waals surface area contributed by atoms with Crippen LogP contribution in [0.2, 0.25) is 30.1 Å². The largest absolute Gasteiger partial charge is 0.324 e. The standard InChI is InChI=1S/C40H28Cl6N8O6/c1-19(55)33(53-51-31-17-21(9-15-25(31)41)37(57)49-35-27(43)5-3-6-28(35)44)39(59)47-23-11-13-24(14-12-23)48-40(60)34(20(2)56)54-52-32-18-22(10-16-26(32)42)38(58)50-36-29(45)7-4-8-30(36)46/h3-18,33-34H,1-2H3,(H,47,59)(H,48,60)(H,49,57)(H,50,58). The van der Waals surface area contributed by atoms with Crippen LogP contribution in [-0.4, -0.2) is 47.3 Å². The number of carbonyl (C=O) groups excluding carboxylic acids is 6. The van der Waals surface area contributed by atoms with Gasteiger partial charge in [-0.25, -0.2) is 0 Å². The van der Waals surface area contributed by atoms with E-state index in [0.29, 0.717) is 0 Å². The molecule has 0 heterocycles. The van der Waals surface area contributed by atoms with Crippen molar-refractivity contribution in [2.24, 2.45) is 20.5 Å². The van der Waals surface area contributed by atoms with Gasteiger partial charge in [-0.3, -0.25) is 28.8 Å². The maximum absolute atomic E-state index is 13.1. The summed E-state index contributed by atoms with van der Waals surface area (Å²) in [4.78, 5) is 77.0. The molecular weight excluding hydrogens is 901 g/mol. The number of carbonyl (C=O) groups is 6. The predicted molar refractivity (Wildman–Crippen MR) is 233 cm³/mol. The van der Waals surface area contributed by atoms with Gasteiger partial charge in [0.2, 0.25) is 12.1 Å². The second-order valence-electron chi connectivity index (χ2n) is 12.4. The fourth-order valence-corrected chi connectivity index (χ4v) is 6.30. The highest BCUT2D eigenvalue weighted by Gasteiger charge is 2.25. The van der Waals surface area contributed by atoms with Crippen molar-refractivity contribution in [2.45, 2.75) is 25.9 Å². The van der Waals surface area contributed by atoms with E-state index in [0.717, 1.165) is 13.8 Å². The summed E-state index contributed by atoms with van der Waals surface area (Å²) in [6.07, 6.45) is 0. The molecule has 306 valence electrons. The van der Waals surface area contributed by atoms with Crippen molar-refractivity contribution in [3.63, 3.8) is 0 Å². The molecule has 0 aromatic heterocycles. The summed E-state index contributed by atoms with van der Waals surface area (Å²) in [7, 11) is 0. The highest BCUT2D eigenvalue weighted by Crippen LogP contribution is 2.33. The van der Waals surface area contributed by atoms with Gasteiger partial charge in [0, 0.05) is 22.5 Å². The number of Topliss-reactive ketones (excluding diaryl/α,β-unsaturated/α-hetero) is 2. The molecule has 0 aliphatic carbocycles. The number of anilines is 4. The first-order valence-corrected chi connectivity index (χ1v) is 19.4. The first-order chi connectivity index (χ1) is 28.5. The predicted octanol–water partition coefficient (Wildman–Crippen LogP) is 11.5. The summed E-state index contributed by atoms with van der Waals surface area (Å²) in [5.41, 5.74) is 1.04. The number of para-hydroxylation sites is 2. The molecular formula is C40H28Cl6N8O6. The Hall–Kier alpha value is -5.74. The Kier molecular flexibility index (Phi) is 15.5. The third-order valence-corrected chi connectivity index (χ3v) is 9.97. The van der Waals surface area contributed by atoms with Crippen molar-refractivity contribution in [1.29, 1.82) is 0 Å². The van der Waals surface area contributed by atoms with E-state index in [-0.39, 0.29) is 75.4 Å². The Morgan fingerprint density at radius 1 is 0.450 bits per heavy atom. The lowest BCUT2D eigenvalue weighted by molar-refractivity contribution is -0.127. The van der Waals surface area contributed by atoms with E-state index in [4.69, 9.17) is 69.6 Å². The highest BCUT2D eigenvalue weighted by molar-refractivity contribution is 6.41. The quantitative estimate of drug-likeness (QED) is 0.0630. The van der Waals surface area contributed by atoms with Crippen LogP contribution in [-0.2, 0) is 19.2 Å². The third kappa shape index (κ3) is 11.7. The summed E-state index contributed by atoms with van der Waals surface area (Å²) >= 11 is 37.2. The average Bonchev–Trinajstić information content (AvgIpc) is 3.19. The minimum absolute atomic E-state index is 0.00326. The molecule has 0 saturated heterocycles. The van der Waals surface area contributed by atoms with E-state index in [1.807, 2.05) is 0 Å². The van der Waals surface area contributed by atoms with Crippen molar-refractivity contribution < 1.29 is 28.8 Å². The SMILES string of the molecule is CC(=O)C(N=Nc1cc(C(=O)Nc2c(Cl)cccc2Cl)ccc1Cl)C(=O)Nc1ccc(NC(=O)C(N=Nc2cc(C(=O)Nc3c(Cl)cccc3Cl)ccc2Cl)C(C)=O)cc1. The molecule has 0 aliphatic rings. The van der Waals surface area contributed by atoms with Crippen LogP contribution >= 0.6 is 69.6 Å². The average molecular weight is 929 g/mol. The highest BCUT2D eigenvalue weighted by atomic mass is 35.5. The van der Waals surface area contributed by atoms with Gasteiger partial charge in [-0.15, -0.1) is 0 Å². The smallest absolute Gasteiger partial charge is 0.258 e. The maximum Gasteiger partial charge on any atom is 0.258 e. The van der Waals surface area contributed by atoms with Gasteiger partial charge in [-0.1, -0.05) is 81.7 Å². The lowest BCUT2D eigenvalue weighted by Crippen LogP contribution is -2.32. The zero-order valence-electron chi connectivity index (χ0n) is 30.9. The molecule has 60 heavy (non-hydrogen) atoms. The Balaban J connectivity index is 1.22. The summed E-state index contributed by atoms with van der Waals surface area (Å²) in [5, 5.41) is 27.1. The zero-order valence-corrected chi connectivity index (χ0v) is 35.4. The molecule has 4 amide bonds. The van der Waals surface area contributed by atoms with Crippen LogP contribution < -0.4 is 21.3 Å². The van der Waals surface area contributed by atoms with Crippen LogP contribution in [0.25, 0.3) is 0 Å². The van der Waals surface area contributed by atoms with Crippen LogP contribution in [0.5, 0.6) is 0 Å². The van der Waals surface area contributed by atoms with E-state index in [1.54, 1.807) is 36.4 Å². The van der Waals surface area contributed by atoms with Crippen LogP contribution in [0, 0.1) is 0 Å². The van der Waals surface area contributed by atoms with E-state index >= 15 is 0 Å². The molecule has 5 rings (SSSR count). The van der Waals surface area contributed by atoms with E-state index in [1.165, 1.54) is 60.7 Å². The maximum atomic E-state index is 13.1. The molecule has 0 radical (unpaired) electrons. The summed E-state index contributed by atoms with van der Waals surface area (Å²) in [6.45, 7) is 2.29. The molecule has 20 heteroatoms. The minimum Gasteiger partial charge on any atom is -0.324 e. The number of rotatable bonds is 14. The van der Waals surface area contributed by atoms with Crippen LogP contribution in [0.1, 0.15) is 34.6 Å². The summed E-state index contributed by atoms with van der Waals surface area (Å²) in [5.74, 6) is -4.16. The number of nitrogens with one attached hydrogen (secondary N) is 4. The van der Waals surface area contributed by atoms with Crippen molar-refractivity contribution in [3.05, 3.63) is 138 Å². The number of hydrogen-bond acceptors (Lipinski definition) is 10. The first-order valence-electron chi connectivity index (χ1n) is 17.2. The molecule has 2 unspecified atom stereocenters. The van der Waals surface area contributed by atoms with Crippen LogP contribution in [0.4, 0.5) is 34.1 Å². The number of azo groups is 2. The Bertz CT molecular complexity index is 2370. The van der Waals surface area contributed by atoms with Gasteiger partial charge < -0.3 is 21.3 Å². The summed E-state index contributed by atoms with van der Waals surface area (Å²) < 4.78 is 0. The van der Waals surface area contributed by atoms with E-state index < -0.39 is 47.3 Å². The van der Waals surface area contributed by atoms with Crippen molar-refractivity contribution in [1.82, 2.24) is 0 Å². The molecule has 0 spiro atoms. The molecule has 2 atom stereocenters. The lowest BCUT2D eigenvalue weighted by Gasteiger charge is -2.12. The van der Waals surface area contributed by atoms with Gasteiger partial charge in [0.15, 0.2) is 11.6 Å². The zero-order chi connectivity index (χ0) is 43.7. The number of hydrogen-bond donors (Lipinski definition) is 4. The number of ketones is 2. The van der Waals surface area contributed by atoms with Gasteiger partial charge in [-0.2, -0.15) is 20.5 Å². The summed E-state index contributed by atoms with van der Waals surface area (Å²) in [6, 6.07) is 20.2. The fourth-order valence-electron chi connectivity index (χ4n) is 5.00. The van der Waals surface area contributed by atoms with E-state index in [2.05, 4.69) is 41.7 Å². The molecule has 0 aliphatic heterocycles. The van der Waals surface area contributed by atoms with E-state index in [9.17, 15) is 28.8 Å². The van der Waals surface area contributed by atoms with Gasteiger partial charge in [0.1, 0.15) is 11.4 Å². The topological polar surface area (TPSA) is 200 Å². The second kappa shape index (κ2) is 20.5. The Morgan fingerprint density at radius 2 is 0.783 bits per heavy atom. The van der Waals surface area contributed by atoms with Crippen molar-refractivity contribution >= 4 is 139 Å². The van der Waals surface area contributed by atoms with Gasteiger partial charge in [0.25, 0.3) is 23.6 Å². The van der Waals surface area contributed by atoms with Crippen LogP contribution in [0.15, 0.2) is 118 Å². The number of benzene rings is 5. The monoisotopic (exact) mass is 926 g/mol. The molecule has 5 aromatic rings. The molecule has 14 nitrogen and oxygen atoms in total. The minimum atomic E-state index is -1.61. The number of amides is 4. The first kappa shape index (κ1) is 45.3. The van der Waals surface area contributed by atoms with Crippen LogP contribution in [0.3, 0.4) is 0 Å². The van der Waals surface area contributed by atoms with Gasteiger partial charge in [-0.05, 0) is 98.8 Å². The van der Waals surface area contributed by atoms with Crippen molar-refractivity contribution in [3.8, 4) is 0 Å². The van der Waals surface area contributed by atoms with Crippen molar-refractivity contribution in [2.75, 3.05) is 21.3 Å². The Labute approximate surface area is 371 Å². The molecule has 0 bridgehead atoms. The number of nitrogens with zero attached hydrogens (tertiary/aromatic N) is 4. The lowest BCUT2D eigenvalue weighted by atomic mass is 10.1. The molecule has 0 saturated carbocycles. The van der Waals surface area contributed by atoms with Gasteiger partial charge >= 0.3 is 0 Å². The molecule has 0 fully saturated rings. The normalized spacial score (nSPS) is 12.1.